The SMILES string of the molecule is CC/C=C\C/C=C\C/C=C\C/C=C\CCCCCCCCCCC(=O)OC(COC(=O)CCCCCCCCCCC)COC(=O)CCCCCCCCCCCCCCCCCC/C=C\C/C=C\C/C=C\CCCCCCC. The molecule has 0 N–H and O–H groups in total. The minimum Gasteiger partial charge on any atom is -0.462 e. The van der Waals surface area contributed by atoms with Gasteiger partial charge in [-0.05, 0) is 96.3 Å². The highest BCUT2D eigenvalue weighted by molar-refractivity contribution is 5.71. The van der Waals surface area contributed by atoms with E-state index in [2.05, 4.69) is 106 Å². The zero-order valence-electron chi connectivity index (χ0n) is 52.4. The number of esters is 3. The van der Waals surface area contributed by atoms with Crippen LogP contribution in [0.3, 0.4) is 0 Å². The summed E-state index contributed by atoms with van der Waals surface area (Å²) in [6.45, 7) is 6.53. The molecular formula is C73H128O6. The second-order valence-corrected chi connectivity index (χ2v) is 22.7. The number of carbonyl (C=O) groups is 3. The first-order valence-corrected chi connectivity index (χ1v) is 34.1. The van der Waals surface area contributed by atoms with E-state index in [0.29, 0.717) is 19.3 Å². The molecule has 1 unspecified atom stereocenters. The van der Waals surface area contributed by atoms with Gasteiger partial charge in [0.15, 0.2) is 6.10 Å². The topological polar surface area (TPSA) is 78.9 Å². The lowest BCUT2D eigenvalue weighted by molar-refractivity contribution is -0.167. The Labute approximate surface area is 490 Å². The maximum absolute atomic E-state index is 12.9. The van der Waals surface area contributed by atoms with Crippen LogP contribution in [0.2, 0.25) is 0 Å². The average molecular weight is 1100 g/mol. The Morgan fingerprint density at radius 2 is 0.494 bits per heavy atom. The zero-order chi connectivity index (χ0) is 57.1. The maximum atomic E-state index is 12.9. The summed E-state index contributed by atoms with van der Waals surface area (Å²) >= 11 is 0. The third kappa shape index (κ3) is 65.3. The molecule has 0 aliphatic heterocycles. The van der Waals surface area contributed by atoms with Crippen molar-refractivity contribution in [3.8, 4) is 0 Å². The van der Waals surface area contributed by atoms with Gasteiger partial charge in [0.1, 0.15) is 13.2 Å². The van der Waals surface area contributed by atoms with Gasteiger partial charge >= 0.3 is 17.9 Å². The van der Waals surface area contributed by atoms with Crippen LogP contribution >= 0.6 is 0 Å². The molecule has 0 aliphatic rings. The average Bonchev–Trinajstić information content (AvgIpc) is 3.45. The minimum atomic E-state index is -0.779. The molecule has 0 amide bonds. The van der Waals surface area contributed by atoms with Crippen molar-refractivity contribution in [3.05, 3.63) is 85.1 Å². The van der Waals surface area contributed by atoms with Crippen LogP contribution in [-0.2, 0) is 28.6 Å². The van der Waals surface area contributed by atoms with Crippen molar-refractivity contribution in [1.82, 2.24) is 0 Å². The van der Waals surface area contributed by atoms with Crippen molar-refractivity contribution in [2.24, 2.45) is 0 Å². The molecule has 79 heavy (non-hydrogen) atoms. The van der Waals surface area contributed by atoms with Gasteiger partial charge in [-0.1, -0.05) is 311 Å². The van der Waals surface area contributed by atoms with Crippen LogP contribution in [0.25, 0.3) is 0 Å². The van der Waals surface area contributed by atoms with Gasteiger partial charge in [-0.25, -0.2) is 0 Å². The fraction of sp³-hybridized carbons (Fsp3) is 0.767. The van der Waals surface area contributed by atoms with Gasteiger partial charge in [-0.2, -0.15) is 0 Å². The second kappa shape index (κ2) is 67.1. The van der Waals surface area contributed by atoms with E-state index in [-0.39, 0.29) is 31.1 Å². The largest absolute Gasteiger partial charge is 0.462 e. The number of allylic oxidation sites excluding steroid dienone is 14. The number of carbonyl (C=O) groups excluding carboxylic acids is 3. The Morgan fingerprint density at radius 1 is 0.266 bits per heavy atom. The molecule has 6 nitrogen and oxygen atoms in total. The number of unbranched alkanes of at least 4 members (excludes halogenated alkanes) is 37. The second-order valence-electron chi connectivity index (χ2n) is 22.7. The van der Waals surface area contributed by atoms with Gasteiger partial charge in [-0.15, -0.1) is 0 Å². The molecule has 0 aliphatic carbocycles. The van der Waals surface area contributed by atoms with Crippen LogP contribution < -0.4 is 0 Å². The third-order valence-corrected chi connectivity index (χ3v) is 14.9. The summed E-state index contributed by atoms with van der Waals surface area (Å²) in [5.74, 6) is -0.873. The summed E-state index contributed by atoms with van der Waals surface area (Å²) in [4.78, 5) is 38.2. The summed E-state index contributed by atoms with van der Waals surface area (Å²) < 4.78 is 16.9. The van der Waals surface area contributed by atoms with Crippen LogP contribution in [0.5, 0.6) is 0 Å². The van der Waals surface area contributed by atoms with Crippen LogP contribution in [0.4, 0.5) is 0 Å². The van der Waals surface area contributed by atoms with Gasteiger partial charge in [0.2, 0.25) is 0 Å². The van der Waals surface area contributed by atoms with Gasteiger partial charge in [0, 0.05) is 19.3 Å². The zero-order valence-corrected chi connectivity index (χ0v) is 52.4. The first kappa shape index (κ1) is 75.6. The highest BCUT2D eigenvalue weighted by Crippen LogP contribution is 2.17. The van der Waals surface area contributed by atoms with Crippen LogP contribution in [0.1, 0.15) is 342 Å². The predicted octanol–water partition coefficient (Wildman–Crippen LogP) is 23.4. The van der Waals surface area contributed by atoms with Crippen LogP contribution in [-0.4, -0.2) is 37.2 Å². The van der Waals surface area contributed by atoms with Gasteiger partial charge < -0.3 is 14.2 Å². The van der Waals surface area contributed by atoms with Gasteiger partial charge in [0.25, 0.3) is 0 Å². The number of hydrogen-bond acceptors (Lipinski definition) is 6. The maximum Gasteiger partial charge on any atom is 0.306 e. The van der Waals surface area contributed by atoms with E-state index in [4.69, 9.17) is 14.2 Å². The smallest absolute Gasteiger partial charge is 0.306 e. The lowest BCUT2D eigenvalue weighted by Gasteiger charge is -2.18. The third-order valence-electron chi connectivity index (χ3n) is 14.9. The molecule has 0 saturated carbocycles. The Bertz CT molecular complexity index is 1500. The number of hydrogen-bond donors (Lipinski definition) is 0. The van der Waals surface area contributed by atoms with E-state index in [0.717, 1.165) is 103 Å². The van der Waals surface area contributed by atoms with Gasteiger partial charge in [0.05, 0.1) is 0 Å². The Kier molecular flexibility index (Phi) is 64.2. The Balaban J connectivity index is 4.13. The summed E-state index contributed by atoms with van der Waals surface area (Å²) in [7, 11) is 0. The molecule has 0 spiro atoms. The summed E-state index contributed by atoms with van der Waals surface area (Å²) in [6.07, 6.45) is 89.0. The predicted molar refractivity (Wildman–Crippen MR) is 344 cm³/mol. The highest BCUT2D eigenvalue weighted by Gasteiger charge is 2.19. The van der Waals surface area contributed by atoms with Crippen molar-refractivity contribution >= 4 is 17.9 Å². The van der Waals surface area contributed by atoms with Crippen molar-refractivity contribution in [2.45, 2.75) is 348 Å². The quantitative estimate of drug-likeness (QED) is 0.0261. The fourth-order valence-corrected chi connectivity index (χ4v) is 9.80. The molecule has 0 aromatic rings. The lowest BCUT2D eigenvalue weighted by atomic mass is 10.0. The first-order valence-electron chi connectivity index (χ1n) is 34.1. The van der Waals surface area contributed by atoms with Crippen LogP contribution in [0, 0.1) is 0 Å². The minimum absolute atomic E-state index is 0.0763. The standard InChI is InChI=1S/C73H128O6/c1-4-7-10-13-16-19-21-23-25-27-29-31-32-33-34-35-36-37-38-39-40-42-43-45-47-49-51-54-57-60-63-66-72(75)78-69-70(68-77-71(74)65-62-59-56-53-18-15-12-9-6-3)79-73(76)67-64-61-58-55-52-50-48-46-44-41-30-28-26-24-22-20-17-14-11-8-5-2/h8,11,17,20-21,23-24,26-27,29-30,32-33,41,70H,4-7,9-10,12-16,18-19,22,25,28,31,34-40,42-69H2,1-3H3/b11-8-,20-17-,23-21-,26-24-,29-27-,33-32-,41-30-. The molecule has 0 saturated heterocycles. The molecule has 0 bridgehead atoms. The number of ether oxygens (including phenoxy) is 3. The summed E-state index contributed by atoms with van der Waals surface area (Å²) in [5.41, 5.74) is 0. The highest BCUT2D eigenvalue weighted by atomic mass is 16.6. The van der Waals surface area contributed by atoms with Crippen molar-refractivity contribution in [2.75, 3.05) is 13.2 Å². The Morgan fingerprint density at radius 3 is 0.772 bits per heavy atom. The fourth-order valence-electron chi connectivity index (χ4n) is 9.80. The molecule has 0 rings (SSSR count). The summed E-state index contributed by atoms with van der Waals surface area (Å²) in [5, 5.41) is 0. The Hall–Kier alpha value is -3.41. The number of rotatable bonds is 62. The molecule has 1 atom stereocenters. The molecule has 6 heteroatoms. The normalized spacial score (nSPS) is 12.6. The van der Waals surface area contributed by atoms with E-state index in [1.807, 2.05) is 0 Å². The van der Waals surface area contributed by atoms with Crippen molar-refractivity contribution < 1.29 is 28.6 Å². The molecule has 0 aromatic carbocycles. The van der Waals surface area contributed by atoms with E-state index in [9.17, 15) is 14.4 Å². The molecule has 456 valence electrons. The van der Waals surface area contributed by atoms with E-state index >= 15 is 0 Å². The molecule has 0 fully saturated rings. The van der Waals surface area contributed by atoms with E-state index in [1.165, 1.54) is 199 Å². The molecule has 0 aromatic heterocycles. The van der Waals surface area contributed by atoms with Crippen molar-refractivity contribution in [1.29, 1.82) is 0 Å². The first-order chi connectivity index (χ1) is 39.0. The molecule has 0 radical (unpaired) electrons. The van der Waals surface area contributed by atoms with E-state index < -0.39 is 6.10 Å². The van der Waals surface area contributed by atoms with Crippen LogP contribution in [0.15, 0.2) is 85.1 Å². The van der Waals surface area contributed by atoms with Gasteiger partial charge in [-0.3, -0.25) is 14.4 Å². The molecule has 0 heterocycles. The van der Waals surface area contributed by atoms with Crippen molar-refractivity contribution in [3.63, 3.8) is 0 Å². The molecular weight excluding hydrogens is 973 g/mol. The monoisotopic (exact) mass is 1100 g/mol. The summed E-state index contributed by atoms with van der Waals surface area (Å²) in [6, 6.07) is 0. The lowest BCUT2D eigenvalue weighted by Crippen LogP contribution is -2.30. The van der Waals surface area contributed by atoms with E-state index in [1.54, 1.807) is 0 Å².